The molecule has 2 N–H and O–H groups in total. The molecule has 1 heterocycles. The Morgan fingerprint density at radius 2 is 1.80 bits per heavy atom. The van der Waals surface area contributed by atoms with Crippen molar-refractivity contribution in [3.8, 4) is 11.5 Å². The maximum absolute atomic E-state index is 13.4. The summed E-state index contributed by atoms with van der Waals surface area (Å²) >= 11 is 0. The fraction of sp³-hybridized carbons (Fsp3) is 0.462. The number of likely N-dealkylation sites (N-methyl/N-ethyl adjacent to an activating group) is 2. The van der Waals surface area contributed by atoms with Crippen LogP contribution in [-0.2, 0) is 4.74 Å². The van der Waals surface area contributed by atoms with E-state index in [-0.39, 0.29) is 24.0 Å². The second kappa shape index (κ2) is 11.9. The number of carbonyl (C=O) groups excluding carboxylic acids is 2. The standard InChI is InChI=1S/C26H36N4O5/c1-17-14-29(3)18(2)16-35-22-12-11-19(13-20(22)25(31)30(4)15-24(17)34-6)27-26(32)28-21-9-7-8-10-23(21)33-5/h7-13,17-18,24H,14-16H2,1-6H3,(H2,27,28,32)/t17-,18-,24+/m0/s1. The minimum atomic E-state index is -0.451. The first-order valence-electron chi connectivity index (χ1n) is 11.7. The number of amides is 3. The van der Waals surface area contributed by atoms with Gasteiger partial charge in [-0.25, -0.2) is 4.79 Å². The Labute approximate surface area is 207 Å². The number of carbonyl (C=O) groups is 2. The van der Waals surface area contributed by atoms with Gasteiger partial charge < -0.3 is 29.7 Å². The number of urea groups is 1. The lowest BCUT2D eigenvalue weighted by molar-refractivity contribution is 0.0150. The first-order valence-corrected chi connectivity index (χ1v) is 11.7. The van der Waals surface area contributed by atoms with E-state index in [1.165, 1.54) is 7.11 Å². The molecule has 3 rings (SSSR count). The summed E-state index contributed by atoms with van der Waals surface area (Å²) in [6.45, 7) is 5.89. The second-order valence-electron chi connectivity index (χ2n) is 9.03. The van der Waals surface area contributed by atoms with Crippen molar-refractivity contribution < 1.29 is 23.8 Å². The highest BCUT2D eigenvalue weighted by Gasteiger charge is 2.27. The zero-order chi connectivity index (χ0) is 25.5. The van der Waals surface area contributed by atoms with Gasteiger partial charge >= 0.3 is 6.03 Å². The molecule has 0 unspecified atom stereocenters. The van der Waals surface area contributed by atoms with Crippen LogP contribution in [0, 0.1) is 5.92 Å². The van der Waals surface area contributed by atoms with Gasteiger partial charge in [-0.15, -0.1) is 0 Å². The van der Waals surface area contributed by atoms with Gasteiger partial charge in [-0.05, 0) is 50.2 Å². The lowest BCUT2D eigenvalue weighted by atomic mass is 10.0. The molecule has 190 valence electrons. The van der Waals surface area contributed by atoms with Gasteiger partial charge in [0.05, 0.1) is 24.5 Å². The summed E-state index contributed by atoms with van der Waals surface area (Å²) in [6, 6.07) is 11.9. The highest BCUT2D eigenvalue weighted by atomic mass is 16.5. The van der Waals surface area contributed by atoms with Gasteiger partial charge in [0.15, 0.2) is 0 Å². The molecule has 0 bridgehead atoms. The third-order valence-electron chi connectivity index (χ3n) is 6.37. The maximum Gasteiger partial charge on any atom is 0.323 e. The Hall–Kier alpha value is -3.30. The fourth-order valence-corrected chi connectivity index (χ4v) is 4.07. The number of methoxy groups -OCH3 is 2. The van der Waals surface area contributed by atoms with E-state index in [0.717, 1.165) is 6.54 Å². The van der Waals surface area contributed by atoms with Crippen molar-refractivity contribution >= 4 is 23.3 Å². The molecule has 2 aromatic carbocycles. The molecule has 2 aromatic rings. The molecule has 0 saturated heterocycles. The number of anilines is 2. The zero-order valence-electron chi connectivity index (χ0n) is 21.3. The normalized spacial score (nSPS) is 21.7. The number of nitrogens with zero attached hydrogens (tertiary/aromatic N) is 2. The monoisotopic (exact) mass is 484 g/mol. The summed E-state index contributed by atoms with van der Waals surface area (Å²) in [5.74, 6) is 1.03. The van der Waals surface area contributed by atoms with Crippen molar-refractivity contribution in [2.75, 3.05) is 58.6 Å². The van der Waals surface area contributed by atoms with Crippen molar-refractivity contribution in [2.24, 2.45) is 5.92 Å². The number of hydrogen-bond acceptors (Lipinski definition) is 6. The predicted octanol–water partition coefficient (Wildman–Crippen LogP) is 3.78. The Balaban J connectivity index is 1.85. The maximum atomic E-state index is 13.4. The van der Waals surface area contributed by atoms with E-state index < -0.39 is 6.03 Å². The number of nitrogens with one attached hydrogen (secondary N) is 2. The molecular formula is C26H36N4O5. The molecule has 1 aliphatic rings. The zero-order valence-corrected chi connectivity index (χ0v) is 21.3. The van der Waals surface area contributed by atoms with Crippen LogP contribution in [0.2, 0.25) is 0 Å². The molecule has 0 aliphatic carbocycles. The molecule has 0 fully saturated rings. The molecule has 0 saturated carbocycles. The number of hydrogen-bond donors (Lipinski definition) is 2. The van der Waals surface area contributed by atoms with Crippen molar-refractivity contribution in [1.29, 1.82) is 0 Å². The van der Waals surface area contributed by atoms with E-state index in [0.29, 0.717) is 41.6 Å². The quantitative estimate of drug-likeness (QED) is 0.686. The summed E-state index contributed by atoms with van der Waals surface area (Å²) in [4.78, 5) is 29.9. The van der Waals surface area contributed by atoms with E-state index in [2.05, 4.69) is 36.4 Å². The number of ether oxygens (including phenoxy) is 3. The molecular weight excluding hydrogens is 448 g/mol. The van der Waals surface area contributed by atoms with Crippen molar-refractivity contribution in [3.05, 3.63) is 48.0 Å². The van der Waals surface area contributed by atoms with E-state index in [9.17, 15) is 9.59 Å². The van der Waals surface area contributed by atoms with E-state index in [1.54, 1.807) is 55.5 Å². The average Bonchev–Trinajstić information content (AvgIpc) is 2.85. The molecule has 35 heavy (non-hydrogen) atoms. The van der Waals surface area contributed by atoms with Gasteiger partial charge in [0, 0.05) is 39.0 Å². The number of para-hydroxylation sites is 2. The van der Waals surface area contributed by atoms with Gasteiger partial charge in [-0.3, -0.25) is 9.69 Å². The van der Waals surface area contributed by atoms with Crippen LogP contribution in [0.1, 0.15) is 24.2 Å². The summed E-state index contributed by atoms with van der Waals surface area (Å²) in [7, 11) is 7.02. The molecule has 9 nitrogen and oxygen atoms in total. The van der Waals surface area contributed by atoms with Crippen molar-refractivity contribution in [3.63, 3.8) is 0 Å². The third-order valence-corrected chi connectivity index (χ3v) is 6.37. The molecule has 0 aromatic heterocycles. The first-order chi connectivity index (χ1) is 16.7. The minimum Gasteiger partial charge on any atom is -0.495 e. The van der Waals surface area contributed by atoms with Gasteiger partial charge in [-0.2, -0.15) is 0 Å². The minimum absolute atomic E-state index is 0.115. The van der Waals surface area contributed by atoms with Crippen LogP contribution in [-0.4, -0.2) is 81.9 Å². The van der Waals surface area contributed by atoms with Crippen LogP contribution in [0.4, 0.5) is 16.2 Å². The van der Waals surface area contributed by atoms with Crippen molar-refractivity contribution in [1.82, 2.24) is 9.80 Å². The highest BCUT2D eigenvalue weighted by molar-refractivity contribution is 6.03. The molecule has 0 radical (unpaired) electrons. The average molecular weight is 485 g/mol. The smallest absolute Gasteiger partial charge is 0.323 e. The first kappa shape index (κ1) is 26.3. The van der Waals surface area contributed by atoms with Crippen LogP contribution in [0.15, 0.2) is 42.5 Å². The van der Waals surface area contributed by atoms with Crippen LogP contribution < -0.4 is 20.1 Å². The number of fused-ring (bicyclic) bond motifs is 1. The Morgan fingerprint density at radius 1 is 1.06 bits per heavy atom. The summed E-state index contributed by atoms with van der Waals surface area (Å²) in [5, 5.41) is 5.56. The SMILES string of the molecule is COc1ccccc1NC(=O)Nc1ccc2c(c1)C(=O)N(C)C[C@@H](OC)[C@@H](C)CN(C)[C@@H](C)CO2. The van der Waals surface area contributed by atoms with Crippen LogP contribution in [0.3, 0.4) is 0 Å². The number of rotatable bonds is 4. The fourth-order valence-electron chi connectivity index (χ4n) is 4.07. The van der Waals surface area contributed by atoms with E-state index in [4.69, 9.17) is 14.2 Å². The topological polar surface area (TPSA) is 92.4 Å². The summed E-state index contributed by atoms with van der Waals surface area (Å²) in [6.07, 6.45) is -0.115. The van der Waals surface area contributed by atoms with E-state index >= 15 is 0 Å². The van der Waals surface area contributed by atoms with Crippen LogP contribution >= 0.6 is 0 Å². The van der Waals surface area contributed by atoms with E-state index in [1.807, 2.05) is 6.07 Å². The highest BCUT2D eigenvalue weighted by Crippen LogP contribution is 2.27. The summed E-state index contributed by atoms with van der Waals surface area (Å²) in [5.41, 5.74) is 1.38. The predicted molar refractivity (Wildman–Crippen MR) is 137 cm³/mol. The van der Waals surface area contributed by atoms with Gasteiger partial charge in [0.2, 0.25) is 0 Å². The van der Waals surface area contributed by atoms with Crippen molar-refractivity contribution in [2.45, 2.75) is 26.0 Å². The lowest BCUT2D eigenvalue weighted by Crippen LogP contribution is -2.45. The Bertz CT molecular complexity index is 1030. The molecule has 0 spiro atoms. The second-order valence-corrected chi connectivity index (χ2v) is 9.03. The summed E-state index contributed by atoms with van der Waals surface area (Å²) < 4.78 is 17.1. The largest absolute Gasteiger partial charge is 0.495 e. The molecule has 3 amide bonds. The van der Waals surface area contributed by atoms with Gasteiger partial charge in [-0.1, -0.05) is 19.1 Å². The van der Waals surface area contributed by atoms with Gasteiger partial charge in [0.1, 0.15) is 18.1 Å². The van der Waals surface area contributed by atoms with Crippen LogP contribution in [0.25, 0.3) is 0 Å². The van der Waals surface area contributed by atoms with Crippen LogP contribution in [0.5, 0.6) is 11.5 Å². The lowest BCUT2D eigenvalue weighted by Gasteiger charge is -2.34. The molecule has 9 heteroatoms. The molecule has 1 aliphatic heterocycles. The number of benzene rings is 2. The third kappa shape index (κ3) is 6.64. The molecule has 3 atom stereocenters. The Morgan fingerprint density at radius 3 is 2.51 bits per heavy atom. The van der Waals surface area contributed by atoms with Gasteiger partial charge in [0.25, 0.3) is 5.91 Å². The Kier molecular flexibility index (Phi) is 8.95.